The van der Waals surface area contributed by atoms with E-state index >= 15 is 0 Å². The fourth-order valence-electron chi connectivity index (χ4n) is 2.18. The van der Waals surface area contributed by atoms with E-state index in [0.717, 1.165) is 24.5 Å². The summed E-state index contributed by atoms with van der Waals surface area (Å²) in [6.07, 6.45) is -0.517. The Morgan fingerprint density at radius 3 is 2.24 bits per heavy atom. The molecular weight excluding hydrogens is 272 g/mol. The molecule has 1 aromatic rings. The number of nitrogens with two attached hydrogens (primary N) is 1. The Morgan fingerprint density at radius 2 is 1.81 bits per heavy atom. The number of hydrogen-bond acceptors (Lipinski definition) is 6. The van der Waals surface area contributed by atoms with Crippen molar-refractivity contribution < 1.29 is 14.6 Å². The van der Waals surface area contributed by atoms with Crippen LogP contribution >= 0.6 is 0 Å². The summed E-state index contributed by atoms with van der Waals surface area (Å²) in [7, 11) is 3.34. The third-order valence-corrected chi connectivity index (χ3v) is 3.51. The quantitative estimate of drug-likeness (QED) is 0.634. The Morgan fingerprint density at radius 1 is 1.24 bits per heavy atom. The van der Waals surface area contributed by atoms with Crippen LogP contribution in [0.5, 0.6) is 0 Å². The van der Waals surface area contributed by atoms with Crippen LogP contribution in [0, 0.1) is 13.8 Å². The minimum Gasteiger partial charge on any atom is -0.396 e. The van der Waals surface area contributed by atoms with Crippen molar-refractivity contribution in [1.29, 1.82) is 0 Å². The molecule has 122 valence electrons. The standard InChI is InChI=1S/C14H28N4O3/c1-11-14(15)12(2)18(16-11)10-13(19)9-17(5-7-20-3)6-8-21-4/h13,19H,5-10,15H2,1-4H3. The van der Waals surface area contributed by atoms with E-state index in [4.69, 9.17) is 15.2 Å². The maximum Gasteiger partial charge on any atom is 0.0862 e. The summed E-state index contributed by atoms with van der Waals surface area (Å²) in [5.74, 6) is 0. The maximum absolute atomic E-state index is 10.3. The van der Waals surface area contributed by atoms with Gasteiger partial charge in [0.05, 0.1) is 42.9 Å². The predicted molar refractivity (Wildman–Crippen MR) is 82.3 cm³/mol. The lowest BCUT2D eigenvalue weighted by Gasteiger charge is -2.24. The Balaban J connectivity index is 2.55. The zero-order valence-corrected chi connectivity index (χ0v) is 13.5. The molecule has 3 N–H and O–H groups in total. The van der Waals surface area contributed by atoms with Crippen molar-refractivity contribution in [3.8, 4) is 0 Å². The van der Waals surface area contributed by atoms with E-state index < -0.39 is 6.10 Å². The lowest BCUT2D eigenvalue weighted by atomic mass is 10.3. The minimum atomic E-state index is -0.517. The largest absolute Gasteiger partial charge is 0.396 e. The van der Waals surface area contributed by atoms with Crippen molar-refractivity contribution in [3.05, 3.63) is 11.4 Å². The molecule has 21 heavy (non-hydrogen) atoms. The number of anilines is 1. The van der Waals surface area contributed by atoms with Crippen LogP contribution in [0.4, 0.5) is 5.69 Å². The smallest absolute Gasteiger partial charge is 0.0862 e. The van der Waals surface area contributed by atoms with Crippen LogP contribution in [0.15, 0.2) is 0 Å². The van der Waals surface area contributed by atoms with Crippen molar-refractivity contribution in [1.82, 2.24) is 14.7 Å². The predicted octanol–water partition coefficient (Wildman–Crippen LogP) is 0.0378. The molecule has 7 nitrogen and oxygen atoms in total. The molecule has 1 aromatic heterocycles. The van der Waals surface area contributed by atoms with Crippen LogP contribution < -0.4 is 5.73 Å². The van der Waals surface area contributed by atoms with Gasteiger partial charge in [0.25, 0.3) is 0 Å². The summed E-state index contributed by atoms with van der Waals surface area (Å²) in [4.78, 5) is 2.12. The molecule has 1 heterocycles. The van der Waals surface area contributed by atoms with Crippen LogP contribution in [0.25, 0.3) is 0 Å². The van der Waals surface area contributed by atoms with Gasteiger partial charge in [-0.2, -0.15) is 5.10 Å². The molecule has 0 bridgehead atoms. The lowest BCUT2D eigenvalue weighted by molar-refractivity contribution is 0.0607. The monoisotopic (exact) mass is 300 g/mol. The van der Waals surface area contributed by atoms with Crippen molar-refractivity contribution in [3.63, 3.8) is 0 Å². The molecule has 0 aromatic carbocycles. The van der Waals surface area contributed by atoms with E-state index in [1.807, 2.05) is 13.8 Å². The van der Waals surface area contributed by atoms with E-state index in [9.17, 15) is 5.11 Å². The third kappa shape index (κ3) is 5.62. The number of nitrogens with zero attached hydrogens (tertiary/aromatic N) is 3. The molecule has 0 fully saturated rings. The van der Waals surface area contributed by atoms with Crippen LogP contribution in [-0.2, 0) is 16.0 Å². The number of aliphatic hydroxyl groups is 1. The minimum absolute atomic E-state index is 0.431. The van der Waals surface area contributed by atoms with Crippen LogP contribution in [0.3, 0.4) is 0 Å². The van der Waals surface area contributed by atoms with E-state index in [1.54, 1.807) is 18.9 Å². The molecule has 0 aliphatic carbocycles. The van der Waals surface area contributed by atoms with Gasteiger partial charge in [-0.1, -0.05) is 0 Å². The maximum atomic E-state index is 10.3. The summed E-state index contributed by atoms with van der Waals surface area (Å²) in [6.45, 7) is 7.54. The molecule has 0 radical (unpaired) electrons. The van der Waals surface area contributed by atoms with Gasteiger partial charge in [-0.3, -0.25) is 9.58 Å². The summed E-state index contributed by atoms with van der Waals surface area (Å²) >= 11 is 0. The first-order valence-electron chi connectivity index (χ1n) is 7.17. The van der Waals surface area contributed by atoms with Crippen molar-refractivity contribution >= 4 is 5.69 Å². The van der Waals surface area contributed by atoms with E-state index in [0.29, 0.717) is 32.0 Å². The fraction of sp³-hybridized carbons (Fsp3) is 0.786. The average Bonchev–Trinajstić information content (AvgIpc) is 2.69. The lowest BCUT2D eigenvalue weighted by Crippen LogP contribution is -2.39. The van der Waals surface area contributed by atoms with Crippen LogP contribution in [0.1, 0.15) is 11.4 Å². The second-order valence-electron chi connectivity index (χ2n) is 5.21. The van der Waals surface area contributed by atoms with Gasteiger partial charge in [0.2, 0.25) is 0 Å². The van der Waals surface area contributed by atoms with Gasteiger partial charge >= 0.3 is 0 Å². The first-order chi connectivity index (χ1) is 9.99. The van der Waals surface area contributed by atoms with E-state index in [-0.39, 0.29) is 0 Å². The molecule has 0 saturated heterocycles. The van der Waals surface area contributed by atoms with E-state index in [1.165, 1.54) is 0 Å². The highest BCUT2D eigenvalue weighted by atomic mass is 16.5. The first kappa shape index (κ1) is 17.9. The molecule has 1 unspecified atom stereocenters. The number of aryl methyl sites for hydroxylation is 1. The second-order valence-corrected chi connectivity index (χ2v) is 5.21. The SMILES string of the molecule is COCCN(CCOC)CC(O)Cn1nc(C)c(N)c1C. The highest BCUT2D eigenvalue weighted by Gasteiger charge is 2.15. The molecule has 1 rings (SSSR count). The Hall–Kier alpha value is -1.15. The number of aromatic nitrogens is 2. The van der Waals surface area contributed by atoms with Gasteiger partial charge in [0, 0.05) is 33.9 Å². The Bertz CT molecular complexity index is 415. The summed E-state index contributed by atoms with van der Waals surface area (Å²) in [5.41, 5.74) is 8.29. The molecule has 0 amide bonds. The molecule has 0 saturated carbocycles. The van der Waals surface area contributed by atoms with Crippen molar-refractivity contribution in [2.24, 2.45) is 0 Å². The molecule has 1 atom stereocenters. The molecule has 0 aliphatic heterocycles. The topological polar surface area (TPSA) is 85.8 Å². The number of nitrogen functional groups attached to an aromatic ring is 1. The first-order valence-corrected chi connectivity index (χ1v) is 7.17. The van der Waals surface area contributed by atoms with Gasteiger partial charge in [0.15, 0.2) is 0 Å². The summed E-state index contributed by atoms with van der Waals surface area (Å²) < 4.78 is 11.9. The van der Waals surface area contributed by atoms with Gasteiger partial charge < -0.3 is 20.3 Å². The Kier molecular flexibility index (Phi) is 7.66. The van der Waals surface area contributed by atoms with Gasteiger partial charge in [-0.25, -0.2) is 0 Å². The normalized spacial score (nSPS) is 13.0. The van der Waals surface area contributed by atoms with Crippen molar-refractivity contribution in [2.75, 3.05) is 52.8 Å². The Labute approximate surface area is 126 Å². The number of rotatable bonds is 10. The zero-order chi connectivity index (χ0) is 15.8. The van der Waals surface area contributed by atoms with E-state index in [2.05, 4.69) is 10.00 Å². The number of hydrogen-bond donors (Lipinski definition) is 2. The highest BCUT2D eigenvalue weighted by Crippen LogP contribution is 2.15. The highest BCUT2D eigenvalue weighted by molar-refractivity contribution is 5.46. The summed E-state index contributed by atoms with van der Waals surface area (Å²) in [6, 6.07) is 0. The molecule has 7 heteroatoms. The van der Waals surface area contributed by atoms with Gasteiger partial charge in [-0.05, 0) is 13.8 Å². The molecular formula is C14H28N4O3. The molecule has 0 aliphatic rings. The fourth-order valence-corrected chi connectivity index (χ4v) is 2.18. The number of ether oxygens (including phenoxy) is 2. The third-order valence-electron chi connectivity index (χ3n) is 3.51. The number of aliphatic hydroxyl groups excluding tert-OH is 1. The van der Waals surface area contributed by atoms with Crippen LogP contribution in [0.2, 0.25) is 0 Å². The average molecular weight is 300 g/mol. The number of methoxy groups -OCH3 is 2. The second kappa shape index (κ2) is 8.99. The van der Waals surface area contributed by atoms with Gasteiger partial charge in [0.1, 0.15) is 0 Å². The van der Waals surface area contributed by atoms with Crippen LogP contribution in [-0.4, -0.2) is 73.0 Å². The zero-order valence-electron chi connectivity index (χ0n) is 13.5. The molecule has 0 spiro atoms. The summed E-state index contributed by atoms with van der Waals surface area (Å²) in [5, 5.41) is 14.6. The van der Waals surface area contributed by atoms with Crippen molar-refractivity contribution in [2.45, 2.75) is 26.5 Å². The van der Waals surface area contributed by atoms with Gasteiger partial charge in [-0.15, -0.1) is 0 Å².